The quantitative estimate of drug-likeness (QED) is 0.364. The largest absolute Gasteiger partial charge is 1.00 e. The minimum atomic E-state index is 0. The van der Waals surface area contributed by atoms with Crippen molar-refractivity contribution in [3.63, 3.8) is 0 Å². The molecule has 0 radical (unpaired) electrons. The summed E-state index contributed by atoms with van der Waals surface area (Å²) in [6.45, 7) is 3.42. The average Bonchev–Trinajstić information content (AvgIpc) is 3.59. The fourth-order valence-electron chi connectivity index (χ4n) is 4.16. The van der Waals surface area contributed by atoms with E-state index in [1.807, 2.05) is 36.4 Å². The lowest BCUT2D eigenvalue weighted by atomic mass is 10.1. The second-order valence-corrected chi connectivity index (χ2v) is 7.76. The van der Waals surface area contributed by atoms with Crippen molar-refractivity contribution in [2.75, 3.05) is 31.9 Å². The number of rotatable bonds is 4. The summed E-state index contributed by atoms with van der Waals surface area (Å²) >= 11 is 0. The predicted octanol–water partition coefficient (Wildman–Crippen LogP) is 0.370. The van der Waals surface area contributed by atoms with Crippen LogP contribution in [0.2, 0.25) is 0 Å². The second kappa shape index (κ2) is 8.09. The third kappa shape index (κ3) is 3.50. The Morgan fingerprint density at radius 2 is 1.59 bits per heavy atom. The van der Waals surface area contributed by atoms with E-state index in [2.05, 4.69) is 43.8 Å². The van der Waals surface area contributed by atoms with Crippen LogP contribution in [-0.4, -0.2) is 42.8 Å². The number of aliphatic imine (C=N–C) groups is 2. The molecule has 0 unspecified atom stereocenters. The summed E-state index contributed by atoms with van der Waals surface area (Å²) in [5.74, 6) is 2.66. The van der Waals surface area contributed by atoms with Crippen LogP contribution in [-0.2, 0) is 0 Å². The number of H-pyrrole nitrogens is 1. The van der Waals surface area contributed by atoms with Crippen molar-refractivity contribution in [3.05, 3.63) is 65.0 Å². The maximum atomic E-state index is 6.39. The van der Waals surface area contributed by atoms with E-state index in [1.165, 1.54) is 0 Å². The van der Waals surface area contributed by atoms with Gasteiger partial charge in [-0.3, -0.25) is 9.98 Å². The Balaban J connectivity index is 0.00000216. The van der Waals surface area contributed by atoms with Crippen LogP contribution in [0.4, 0.5) is 5.69 Å². The zero-order valence-electron chi connectivity index (χ0n) is 17.3. The van der Waals surface area contributed by atoms with E-state index in [1.54, 1.807) is 0 Å². The Labute approximate surface area is 190 Å². The number of furan rings is 1. The van der Waals surface area contributed by atoms with E-state index in [0.717, 1.165) is 88.0 Å². The van der Waals surface area contributed by atoms with Crippen LogP contribution < -0.4 is 28.8 Å². The third-order valence-corrected chi connectivity index (χ3v) is 5.71. The second-order valence-electron chi connectivity index (χ2n) is 7.76. The average molecular weight is 446 g/mol. The number of nitrogens with one attached hydrogen (secondary N) is 3. The number of aromatic nitrogens is 1. The molecule has 0 aliphatic carbocycles. The number of amidine groups is 2. The van der Waals surface area contributed by atoms with Crippen molar-refractivity contribution in [1.29, 1.82) is 0 Å². The maximum Gasteiger partial charge on any atom is 0.134 e. The van der Waals surface area contributed by atoms with Gasteiger partial charge in [-0.15, -0.1) is 0 Å². The molecule has 8 heteroatoms. The van der Waals surface area contributed by atoms with Gasteiger partial charge in [0.25, 0.3) is 0 Å². The number of aromatic amines is 1. The Morgan fingerprint density at radius 1 is 0.875 bits per heavy atom. The number of anilines is 1. The van der Waals surface area contributed by atoms with Gasteiger partial charge in [-0.2, -0.15) is 0 Å². The van der Waals surface area contributed by atoms with Gasteiger partial charge in [-0.25, -0.2) is 0 Å². The van der Waals surface area contributed by atoms with E-state index in [0.29, 0.717) is 0 Å². The van der Waals surface area contributed by atoms with Crippen LogP contribution in [0.25, 0.3) is 34.0 Å². The van der Waals surface area contributed by atoms with Crippen molar-refractivity contribution in [1.82, 2.24) is 15.6 Å². The summed E-state index contributed by atoms with van der Waals surface area (Å²) in [7, 11) is 0. The molecule has 32 heavy (non-hydrogen) atoms. The highest BCUT2D eigenvalue weighted by Gasteiger charge is 2.13. The van der Waals surface area contributed by atoms with Gasteiger partial charge in [-0.05, 0) is 42.5 Å². The molecule has 7 nitrogen and oxygen atoms in total. The molecule has 0 bridgehead atoms. The molecule has 0 spiro atoms. The molecule has 4 heterocycles. The van der Waals surface area contributed by atoms with Crippen molar-refractivity contribution < 1.29 is 16.8 Å². The minimum absolute atomic E-state index is 0. The van der Waals surface area contributed by atoms with Gasteiger partial charge in [0.2, 0.25) is 0 Å². The topological polar surface area (TPSA) is 104 Å². The number of halogens is 1. The Hall–Kier alpha value is -3.71. The first-order chi connectivity index (χ1) is 15.2. The number of nitrogens with two attached hydrogens (primary N) is 1. The van der Waals surface area contributed by atoms with Crippen LogP contribution in [0.5, 0.6) is 0 Å². The third-order valence-electron chi connectivity index (χ3n) is 5.71. The normalized spacial score (nSPS) is 15.6. The van der Waals surface area contributed by atoms with E-state index in [-0.39, 0.29) is 12.4 Å². The molecule has 0 fully saturated rings. The summed E-state index contributed by atoms with van der Waals surface area (Å²) in [6, 6.07) is 14.3. The van der Waals surface area contributed by atoms with E-state index in [9.17, 15) is 0 Å². The first-order valence-electron chi connectivity index (χ1n) is 10.4. The van der Waals surface area contributed by atoms with Crippen LogP contribution in [0.15, 0.2) is 56.9 Å². The Bertz CT molecular complexity index is 1410. The van der Waals surface area contributed by atoms with E-state index in [4.69, 9.17) is 10.2 Å². The molecule has 0 saturated carbocycles. The Kier molecular flexibility index (Phi) is 5.11. The molecule has 2 aromatic heterocycles. The zero-order valence-corrected chi connectivity index (χ0v) is 18.0. The van der Waals surface area contributed by atoms with Gasteiger partial charge in [-0.1, -0.05) is 12.1 Å². The summed E-state index contributed by atoms with van der Waals surface area (Å²) < 4.78 is 5.98. The smallest absolute Gasteiger partial charge is 0.134 e. The molecule has 2 aliphatic heterocycles. The fraction of sp³-hybridized carbons (Fsp3) is 0.167. The van der Waals surface area contributed by atoms with Gasteiger partial charge in [0.1, 0.15) is 23.0 Å². The molecule has 0 atom stereocenters. The molecule has 4 aromatic rings. The molecule has 0 amide bonds. The first-order valence-corrected chi connectivity index (χ1v) is 10.4. The van der Waals surface area contributed by atoms with Crippen molar-refractivity contribution >= 4 is 51.4 Å². The number of fused-ring (bicyclic) bond motifs is 2. The monoisotopic (exact) mass is 445 g/mol. The van der Waals surface area contributed by atoms with Crippen molar-refractivity contribution in [2.24, 2.45) is 9.98 Å². The van der Waals surface area contributed by atoms with Crippen LogP contribution in [0, 0.1) is 0 Å². The molecular formula is C24H22ClN6O-. The molecule has 0 saturated heterocycles. The summed E-state index contributed by atoms with van der Waals surface area (Å²) in [5, 5.41) is 8.66. The van der Waals surface area contributed by atoms with Gasteiger partial charge in [0.05, 0.1) is 24.5 Å². The van der Waals surface area contributed by atoms with Crippen LogP contribution in [0.1, 0.15) is 22.6 Å². The number of nitrogens with zero attached hydrogens (tertiary/aromatic N) is 2. The number of benzene rings is 2. The standard InChI is InChI=1S/C24H22N6O.ClH/c25-22-18-4-1-15(24-28-9-10-29-24)13-20(18)30-19(22)5-3-17-12-16-11-14(2-6-21(16)31-17)23-26-7-8-27-23;/h1-6,11-13,30H,7-10,25H2,(H,26,27)(H,28,29);1H/p-1/b5-3+;. The number of hydrogen-bond acceptors (Lipinski definition) is 6. The van der Waals surface area contributed by atoms with Gasteiger partial charge < -0.3 is 38.2 Å². The number of nitrogen functional groups attached to an aromatic ring is 1. The molecule has 6 rings (SSSR count). The minimum Gasteiger partial charge on any atom is -1.00 e. The molecule has 5 N–H and O–H groups in total. The Morgan fingerprint density at radius 3 is 2.31 bits per heavy atom. The highest BCUT2D eigenvalue weighted by molar-refractivity contribution is 6.05. The summed E-state index contributed by atoms with van der Waals surface area (Å²) in [4.78, 5) is 12.4. The van der Waals surface area contributed by atoms with Gasteiger partial charge in [0.15, 0.2) is 0 Å². The number of hydrogen-bond donors (Lipinski definition) is 4. The lowest BCUT2D eigenvalue weighted by Gasteiger charge is -2.02. The SMILES string of the molecule is Nc1c(/C=C/c2cc3cc(C4=NCCN4)ccc3o2)[nH]c2cc(C3=NCCN3)ccc12.[Cl-]. The molecule has 162 valence electrons. The van der Waals surface area contributed by atoms with Crippen LogP contribution >= 0.6 is 0 Å². The van der Waals surface area contributed by atoms with E-state index < -0.39 is 0 Å². The highest BCUT2D eigenvalue weighted by atomic mass is 35.5. The first kappa shape index (κ1) is 20.2. The highest BCUT2D eigenvalue weighted by Crippen LogP contribution is 2.28. The zero-order chi connectivity index (χ0) is 20.8. The summed E-state index contributed by atoms with van der Waals surface area (Å²) in [5.41, 5.74) is 12.0. The predicted molar refractivity (Wildman–Crippen MR) is 127 cm³/mol. The maximum absolute atomic E-state index is 6.39. The fourth-order valence-corrected chi connectivity index (χ4v) is 4.16. The summed E-state index contributed by atoms with van der Waals surface area (Å²) in [6.07, 6.45) is 3.90. The van der Waals surface area contributed by atoms with Gasteiger partial charge >= 0.3 is 0 Å². The lowest BCUT2D eigenvalue weighted by Crippen LogP contribution is -3.00. The molecule has 2 aliphatic rings. The van der Waals surface area contributed by atoms with Crippen molar-refractivity contribution in [3.8, 4) is 0 Å². The van der Waals surface area contributed by atoms with Crippen molar-refractivity contribution in [2.45, 2.75) is 0 Å². The molecular weight excluding hydrogens is 424 g/mol. The van der Waals surface area contributed by atoms with Crippen LogP contribution in [0.3, 0.4) is 0 Å². The lowest BCUT2D eigenvalue weighted by molar-refractivity contribution is -0.00000667. The van der Waals surface area contributed by atoms with Gasteiger partial charge in [0, 0.05) is 40.5 Å². The van der Waals surface area contributed by atoms with E-state index >= 15 is 0 Å². The molecule has 2 aromatic carbocycles.